The van der Waals surface area contributed by atoms with E-state index in [1.807, 2.05) is 43.4 Å². The van der Waals surface area contributed by atoms with E-state index >= 15 is 0 Å². The quantitative estimate of drug-likeness (QED) is 0.761. The van der Waals surface area contributed by atoms with Gasteiger partial charge in [0.25, 0.3) is 0 Å². The van der Waals surface area contributed by atoms with Crippen LogP contribution in [0.25, 0.3) is 0 Å². The van der Waals surface area contributed by atoms with E-state index in [0.717, 1.165) is 10.5 Å². The number of carbonyl (C=O) groups excluding carboxylic acids is 1. The van der Waals surface area contributed by atoms with Crippen LogP contribution in [0.3, 0.4) is 0 Å². The second-order valence-corrected chi connectivity index (χ2v) is 6.47. The highest BCUT2D eigenvalue weighted by Crippen LogP contribution is 2.19. The third-order valence-electron chi connectivity index (χ3n) is 3.12. The first kappa shape index (κ1) is 15.9. The Kier molecular flexibility index (Phi) is 5.71. The fourth-order valence-corrected chi connectivity index (χ4v) is 2.94. The number of nitrogens with zero attached hydrogens (tertiary/aromatic N) is 1. The summed E-state index contributed by atoms with van der Waals surface area (Å²) in [6, 6.07) is 15.8. The highest BCUT2D eigenvalue weighted by Gasteiger charge is 2.10. The Hall–Kier alpha value is -1.45. The maximum Gasteiger partial charge on any atom is 0.232 e. The Morgan fingerprint density at radius 3 is 2.57 bits per heavy atom. The number of hydrogen-bond donors (Lipinski definition) is 0. The molecule has 0 bridgehead atoms. The van der Waals surface area contributed by atoms with Crippen molar-refractivity contribution in [2.45, 2.75) is 18.4 Å². The average Bonchev–Trinajstić information content (AvgIpc) is 2.46. The van der Waals surface area contributed by atoms with Crippen LogP contribution in [0.5, 0.6) is 0 Å². The molecule has 2 aromatic carbocycles. The summed E-state index contributed by atoms with van der Waals surface area (Å²) >= 11 is 7.52. The summed E-state index contributed by atoms with van der Waals surface area (Å²) in [6.07, 6.45) is 0. The molecular formula is C17H18ClNOS. The zero-order valence-electron chi connectivity index (χ0n) is 12.2. The van der Waals surface area contributed by atoms with Crippen molar-refractivity contribution in [2.75, 3.05) is 12.8 Å². The molecule has 0 heterocycles. The molecule has 0 aliphatic rings. The summed E-state index contributed by atoms with van der Waals surface area (Å²) in [5, 5.41) is 0.697. The molecule has 0 spiro atoms. The SMILES string of the molecule is Cc1ccc(SCC(=O)N(C)Cc2cccc(Cl)c2)cc1. The number of halogens is 1. The average molecular weight is 320 g/mol. The number of thioether (sulfide) groups is 1. The van der Waals surface area contributed by atoms with Gasteiger partial charge in [0.15, 0.2) is 0 Å². The number of hydrogen-bond acceptors (Lipinski definition) is 2. The summed E-state index contributed by atoms with van der Waals surface area (Å²) in [5.74, 6) is 0.556. The Morgan fingerprint density at radius 1 is 1.19 bits per heavy atom. The van der Waals surface area contributed by atoms with Gasteiger partial charge in [0.1, 0.15) is 0 Å². The third-order valence-corrected chi connectivity index (χ3v) is 4.35. The first-order valence-electron chi connectivity index (χ1n) is 6.72. The van der Waals surface area contributed by atoms with Crippen LogP contribution in [0, 0.1) is 6.92 Å². The highest BCUT2D eigenvalue weighted by molar-refractivity contribution is 8.00. The predicted octanol–water partition coefficient (Wildman–Crippen LogP) is 4.40. The van der Waals surface area contributed by atoms with E-state index < -0.39 is 0 Å². The number of carbonyl (C=O) groups is 1. The second-order valence-electron chi connectivity index (χ2n) is 4.98. The summed E-state index contributed by atoms with van der Waals surface area (Å²) < 4.78 is 0. The molecule has 1 amide bonds. The van der Waals surface area contributed by atoms with Crippen molar-refractivity contribution < 1.29 is 4.79 Å². The minimum atomic E-state index is 0.112. The Morgan fingerprint density at radius 2 is 1.90 bits per heavy atom. The van der Waals surface area contributed by atoms with Crippen LogP contribution >= 0.6 is 23.4 Å². The Balaban J connectivity index is 1.86. The lowest BCUT2D eigenvalue weighted by Crippen LogP contribution is -2.27. The Labute approximate surface area is 135 Å². The van der Waals surface area contributed by atoms with Crippen molar-refractivity contribution >= 4 is 29.3 Å². The van der Waals surface area contributed by atoms with E-state index in [1.54, 1.807) is 16.7 Å². The normalized spacial score (nSPS) is 10.4. The molecule has 0 saturated carbocycles. The highest BCUT2D eigenvalue weighted by atomic mass is 35.5. The largest absolute Gasteiger partial charge is 0.341 e. The summed E-state index contributed by atoms with van der Waals surface area (Å²) in [4.78, 5) is 15.0. The zero-order chi connectivity index (χ0) is 15.2. The van der Waals surface area contributed by atoms with Gasteiger partial charge in [-0.15, -0.1) is 11.8 Å². The molecular weight excluding hydrogens is 302 g/mol. The second kappa shape index (κ2) is 7.53. The molecule has 2 nitrogen and oxygen atoms in total. The van der Waals surface area contributed by atoms with Crippen molar-refractivity contribution in [3.8, 4) is 0 Å². The van der Waals surface area contributed by atoms with Crippen LogP contribution in [0.15, 0.2) is 53.4 Å². The van der Waals surface area contributed by atoms with Gasteiger partial charge in [-0.1, -0.05) is 41.4 Å². The van der Waals surface area contributed by atoms with Crippen molar-refractivity contribution in [2.24, 2.45) is 0 Å². The van der Waals surface area contributed by atoms with Gasteiger partial charge in [-0.05, 0) is 36.8 Å². The molecule has 0 aliphatic carbocycles. The third kappa shape index (κ3) is 5.10. The van der Waals surface area contributed by atoms with Crippen molar-refractivity contribution in [1.82, 2.24) is 4.90 Å². The van der Waals surface area contributed by atoms with E-state index in [-0.39, 0.29) is 5.91 Å². The molecule has 0 saturated heterocycles. The zero-order valence-corrected chi connectivity index (χ0v) is 13.7. The van der Waals surface area contributed by atoms with Crippen molar-refractivity contribution in [3.63, 3.8) is 0 Å². The Bertz CT molecular complexity index is 612. The first-order valence-corrected chi connectivity index (χ1v) is 8.09. The molecule has 2 aromatic rings. The standard InChI is InChI=1S/C17H18ClNOS/c1-13-6-8-16(9-7-13)21-12-17(20)19(2)11-14-4-3-5-15(18)10-14/h3-10H,11-12H2,1-2H3. The van der Waals surface area contributed by atoms with Crippen molar-refractivity contribution in [3.05, 3.63) is 64.7 Å². The van der Waals surface area contributed by atoms with Crippen LogP contribution in [0.1, 0.15) is 11.1 Å². The molecule has 2 rings (SSSR count). The summed E-state index contributed by atoms with van der Waals surface area (Å²) in [6.45, 7) is 2.63. The lowest BCUT2D eigenvalue weighted by atomic mass is 10.2. The number of aryl methyl sites for hydroxylation is 1. The van der Waals surface area contributed by atoms with Crippen molar-refractivity contribution in [1.29, 1.82) is 0 Å². The molecule has 0 aliphatic heterocycles. The van der Waals surface area contributed by atoms with Crippen LogP contribution < -0.4 is 0 Å². The molecule has 0 unspecified atom stereocenters. The summed E-state index contributed by atoms with van der Waals surface area (Å²) in [5.41, 5.74) is 2.27. The van der Waals surface area contributed by atoms with E-state index in [1.165, 1.54) is 5.56 Å². The molecule has 4 heteroatoms. The minimum Gasteiger partial charge on any atom is -0.341 e. The lowest BCUT2D eigenvalue weighted by Gasteiger charge is -2.17. The smallest absolute Gasteiger partial charge is 0.232 e. The minimum absolute atomic E-state index is 0.112. The molecule has 21 heavy (non-hydrogen) atoms. The molecule has 0 atom stereocenters. The number of rotatable bonds is 5. The molecule has 0 fully saturated rings. The fraction of sp³-hybridized carbons (Fsp3) is 0.235. The van der Waals surface area contributed by atoms with E-state index in [0.29, 0.717) is 17.3 Å². The fourth-order valence-electron chi connectivity index (χ4n) is 1.89. The van der Waals surface area contributed by atoms with Gasteiger partial charge in [-0.25, -0.2) is 0 Å². The maximum atomic E-state index is 12.1. The molecule has 0 N–H and O–H groups in total. The van der Waals surface area contributed by atoms with Gasteiger partial charge in [-0.3, -0.25) is 4.79 Å². The molecule has 110 valence electrons. The van der Waals surface area contributed by atoms with E-state index in [2.05, 4.69) is 19.1 Å². The monoisotopic (exact) mass is 319 g/mol. The summed E-state index contributed by atoms with van der Waals surface area (Å²) in [7, 11) is 1.82. The van der Waals surface area contributed by atoms with Gasteiger partial charge in [0, 0.05) is 23.5 Å². The van der Waals surface area contributed by atoms with Crippen LogP contribution in [0.2, 0.25) is 5.02 Å². The van der Waals surface area contributed by atoms with Gasteiger partial charge in [-0.2, -0.15) is 0 Å². The lowest BCUT2D eigenvalue weighted by molar-refractivity contribution is -0.127. The number of amides is 1. The topological polar surface area (TPSA) is 20.3 Å². The van der Waals surface area contributed by atoms with Gasteiger partial charge in [0.2, 0.25) is 5.91 Å². The van der Waals surface area contributed by atoms with Gasteiger partial charge >= 0.3 is 0 Å². The first-order chi connectivity index (χ1) is 10.0. The van der Waals surface area contributed by atoms with Gasteiger partial charge < -0.3 is 4.90 Å². The van der Waals surface area contributed by atoms with Crippen LogP contribution in [-0.4, -0.2) is 23.6 Å². The van der Waals surface area contributed by atoms with Crippen LogP contribution in [0.4, 0.5) is 0 Å². The molecule has 0 aromatic heterocycles. The molecule has 0 radical (unpaired) electrons. The van der Waals surface area contributed by atoms with E-state index in [4.69, 9.17) is 11.6 Å². The number of benzene rings is 2. The predicted molar refractivity (Wildman–Crippen MR) is 89.8 cm³/mol. The van der Waals surface area contributed by atoms with Crippen LogP contribution in [-0.2, 0) is 11.3 Å². The van der Waals surface area contributed by atoms with E-state index in [9.17, 15) is 4.79 Å². The van der Waals surface area contributed by atoms with Gasteiger partial charge in [0.05, 0.1) is 5.75 Å². The maximum absolute atomic E-state index is 12.1.